The van der Waals surface area contributed by atoms with Gasteiger partial charge in [-0.05, 0) is 79.0 Å². The van der Waals surface area contributed by atoms with E-state index in [0.717, 1.165) is 55.4 Å². The minimum absolute atomic E-state index is 0.0640. The van der Waals surface area contributed by atoms with Gasteiger partial charge in [-0.2, -0.15) is 8.78 Å². The largest absolute Gasteiger partial charge is 0.573 e. The molecule has 0 aromatic heterocycles. The minimum Gasteiger partial charge on any atom is -0.428 e. The van der Waals surface area contributed by atoms with Gasteiger partial charge in [-0.15, -0.1) is 13.2 Å². The summed E-state index contributed by atoms with van der Waals surface area (Å²) >= 11 is 0. The zero-order valence-electron chi connectivity index (χ0n) is 21.7. The summed E-state index contributed by atoms with van der Waals surface area (Å²) in [5.74, 6) is -1.42. The third-order valence-corrected chi connectivity index (χ3v) is 7.37. The molecule has 39 heavy (non-hydrogen) atoms. The fraction of sp³-hybridized carbons (Fsp3) is 0.419. The van der Waals surface area contributed by atoms with Crippen molar-refractivity contribution < 1.29 is 35.8 Å². The zero-order valence-corrected chi connectivity index (χ0v) is 21.7. The molecule has 0 atom stereocenters. The average molecular weight is 551 g/mol. The van der Waals surface area contributed by atoms with Crippen molar-refractivity contribution in [3.8, 4) is 22.6 Å². The van der Waals surface area contributed by atoms with Crippen molar-refractivity contribution in [1.29, 1.82) is 0 Å². The second kappa shape index (κ2) is 12.3. The monoisotopic (exact) mass is 550 g/mol. The Balaban J connectivity index is 1.44. The molecule has 3 aromatic carbocycles. The zero-order chi connectivity index (χ0) is 28.0. The lowest BCUT2D eigenvalue weighted by Crippen LogP contribution is -2.22. The van der Waals surface area contributed by atoms with Crippen molar-refractivity contribution in [2.75, 3.05) is 0 Å². The van der Waals surface area contributed by atoms with Crippen LogP contribution in [0.3, 0.4) is 0 Å². The summed E-state index contributed by atoms with van der Waals surface area (Å²) in [6, 6.07) is 14.7. The molecule has 2 nitrogen and oxygen atoms in total. The normalized spacial score (nSPS) is 18.1. The van der Waals surface area contributed by atoms with Crippen LogP contribution in [0.5, 0.6) is 11.5 Å². The molecular formula is C31H32F6O2. The van der Waals surface area contributed by atoms with Crippen molar-refractivity contribution >= 4 is 0 Å². The van der Waals surface area contributed by atoms with E-state index in [2.05, 4.69) is 11.7 Å². The summed E-state index contributed by atoms with van der Waals surface area (Å²) in [4.78, 5) is 0. The van der Waals surface area contributed by atoms with Crippen molar-refractivity contribution in [2.24, 2.45) is 5.92 Å². The van der Waals surface area contributed by atoms with Gasteiger partial charge in [-0.1, -0.05) is 69.0 Å². The Kier molecular flexibility index (Phi) is 9.13. The number of benzene rings is 3. The molecule has 3 aromatic rings. The topological polar surface area (TPSA) is 18.5 Å². The average Bonchev–Trinajstić information content (AvgIpc) is 2.90. The number of halogens is 6. The van der Waals surface area contributed by atoms with Gasteiger partial charge in [0.2, 0.25) is 0 Å². The van der Waals surface area contributed by atoms with E-state index >= 15 is 8.78 Å². The lowest BCUT2D eigenvalue weighted by Gasteiger charge is -2.29. The van der Waals surface area contributed by atoms with Crippen LogP contribution in [-0.4, -0.2) is 6.36 Å². The van der Waals surface area contributed by atoms with Gasteiger partial charge in [0.1, 0.15) is 5.75 Å². The van der Waals surface area contributed by atoms with Crippen LogP contribution in [0.2, 0.25) is 0 Å². The lowest BCUT2D eigenvalue weighted by atomic mass is 9.77. The van der Waals surface area contributed by atoms with Gasteiger partial charge in [0.05, 0.1) is 5.56 Å². The molecule has 210 valence electrons. The molecular weight excluding hydrogens is 518 g/mol. The highest BCUT2D eigenvalue weighted by Gasteiger charge is 2.36. The van der Waals surface area contributed by atoms with E-state index in [9.17, 15) is 17.6 Å². The molecule has 8 heteroatoms. The number of hydrogen-bond donors (Lipinski definition) is 0. The van der Waals surface area contributed by atoms with Gasteiger partial charge >= 0.3 is 12.5 Å². The van der Waals surface area contributed by atoms with Crippen LogP contribution in [0.1, 0.15) is 75.3 Å². The van der Waals surface area contributed by atoms with Crippen molar-refractivity contribution in [2.45, 2.75) is 76.7 Å². The van der Waals surface area contributed by atoms with E-state index in [-0.39, 0.29) is 22.4 Å². The SMILES string of the molecule is CCCCCC1CCC(c2ccc(C(F)(F)Oc3ccccc3-c3ccc(OC(F)(F)F)c(F)c3)cc2)CC1. The van der Waals surface area contributed by atoms with E-state index in [4.69, 9.17) is 4.74 Å². The molecule has 0 saturated heterocycles. The quantitative estimate of drug-likeness (QED) is 0.185. The van der Waals surface area contributed by atoms with Gasteiger partial charge in [-0.25, -0.2) is 4.39 Å². The predicted molar refractivity (Wildman–Crippen MR) is 138 cm³/mol. The summed E-state index contributed by atoms with van der Waals surface area (Å²) in [6.45, 7) is 2.20. The first-order chi connectivity index (χ1) is 18.6. The maximum absolute atomic E-state index is 15.2. The van der Waals surface area contributed by atoms with Gasteiger partial charge in [0.25, 0.3) is 0 Å². The Labute approximate surface area is 225 Å². The van der Waals surface area contributed by atoms with Gasteiger partial charge < -0.3 is 9.47 Å². The summed E-state index contributed by atoms with van der Waals surface area (Å²) < 4.78 is 90.8. The Morgan fingerprint density at radius 1 is 0.769 bits per heavy atom. The molecule has 0 spiro atoms. The molecule has 0 unspecified atom stereocenters. The van der Waals surface area contributed by atoms with Crippen LogP contribution in [0.15, 0.2) is 66.7 Å². The van der Waals surface area contributed by atoms with Crippen LogP contribution >= 0.6 is 0 Å². The molecule has 0 bridgehead atoms. The van der Waals surface area contributed by atoms with E-state index in [1.54, 1.807) is 12.1 Å². The van der Waals surface area contributed by atoms with Gasteiger partial charge in [-0.3, -0.25) is 0 Å². The second-order valence-corrected chi connectivity index (χ2v) is 10.1. The second-order valence-electron chi connectivity index (χ2n) is 10.1. The molecule has 0 radical (unpaired) electrons. The molecule has 1 saturated carbocycles. The molecule has 1 fully saturated rings. The van der Waals surface area contributed by atoms with E-state index in [1.165, 1.54) is 62.1 Å². The smallest absolute Gasteiger partial charge is 0.428 e. The van der Waals surface area contributed by atoms with Crippen molar-refractivity contribution in [1.82, 2.24) is 0 Å². The standard InChI is InChI=1S/C31H32F6O2/c1-2-3-4-7-21-10-12-22(13-11-21)23-14-17-25(18-15-23)30(33,34)38-28-9-6-5-8-26(28)24-16-19-29(27(32)20-24)39-31(35,36)37/h5-6,8-9,14-22H,2-4,7,10-13H2,1H3. The predicted octanol–water partition coefficient (Wildman–Crippen LogP) is 10.4. The highest BCUT2D eigenvalue weighted by molar-refractivity contribution is 5.71. The fourth-order valence-electron chi connectivity index (χ4n) is 5.28. The highest BCUT2D eigenvalue weighted by Crippen LogP contribution is 2.41. The summed E-state index contributed by atoms with van der Waals surface area (Å²) in [7, 11) is 0. The molecule has 0 N–H and O–H groups in total. The Morgan fingerprint density at radius 2 is 1.46 bits per heavy atom. The maximum atomic E-state index is 15.2. The van der Waals surface area contributed by atoms with Gasteiger partial charge in [0, 0.05) is 5.56 Å². The van der Waals surface area contributed by atoms with Crippen LogP contribution in [-0.2, 0) is 6.11 Å². The number of hydrogen-bond acceptors (Lipinski definition) is 2. The van der Waals surface area contributed by atoms with E-state index < -0.39 is 24.0 Å². The summed E-state index contributed by atoms with van der Waals surface area (Å²) in [5.41, 5.74) is 0.879. The van der Waals surface area contributed by atoms with Crippen LogP contribution in [0.25, 0.3) is 11.1 Å². The third-order valence-electron chi connectivity index (χ3n) is 7.37. The molecule has 0 aliphatic heterocycles. The molecule has 4 rings (SSSR count). The summed E-state index contributed by atoms with van der Waals surface area (Å²) in [6.07, 6.45) is 0.703. The molecule has 1 aliphatic rings. The van der Waals surface area contributed by atoms with Crippen molar-refractivity contribution in [3.05, 3.63) is 83.7 Å². The number of rotatable bonds is 10. The van der Waals surface area contributed by atoms with Crippen LogP contribution < -0.4 is 9.47 Å². The fourth-order valence-corrected chi connectivity index (χ4v) is 5.28. The summed E-state index contributed by atoms with van der Waals surface area (Å²) in [5, 5.41) is 0. The third kappa shape index (κ3) is 7.70. The van der Waals surface area contributed by atoms with Crippen molar-refractivity contribution in [3.63, 3.8) is 0 Å². The van der Waals surface area contributed by atoms with Crippen LogP contribution in [0, 0.1) is 11.7 Å². The number of alkyl halides is 5. The Bertz CT molecular complexity index is 1210. The Morgan fingerprint density at radius 3 is 2.10 bits per heavy atom. The first-order valence-electron chi connectivity index (χ1n) is 13.4. The number of unbranched alkanes of at least 4 members (excludes halogenated alkanes) is 2. The molecule has 0 heterocycles. The van der Waals surface area contributed by atoms with Gasteiger partial charge in [0.15, 0.2) is 11.6 Å². The maximum Gasteiger partial charge on any atom is 0.573 e. The lowest BCUT2D eigenvalue weighted by molar-refractivity contribution is -0.275. The van der Waals surface area contributed by atoms with E-state index in [1.807, 2.05) is 0 Å². The van der Waals surface area contributed by atoms with E-state index in [0.29, 0.717) is 5.92 Å². The molecule has 0 amide bonds. The number of para-hydroxylation sites is 1. The highest BCUT2D eigenvalue weighted by atomic mass is 19.4. The minimum atomic E-state index is -5.06. The first-order valence-corrected chi connectivity index (χ1v) is 13.4. The first kappa shape index (κ1) is 28.8. The van der Waals surface area contributed by atoms with Crippen LogP contribution in [0.4, 0.5) is 26.3 Å². The number of ether oxygens (including phenoxy) is 2. The Hall–Kier alpha value is -3.16. The molecule has 1 aliphatic carbocycles.